The predicted octanol–water partition coefficient (Wildman–Crippen LogP) is 8.09. The molecular weight excluding hydrogens is 553 g/mol. The molecule has 0 aromatic carbocycles. The van der Waals surface area contributed by atoms with Crippen LogP contribution in [0.2, 0.25) is 0 Å². The van der Waals surface area contributed by atoms with Crippen LogP contribution in [-0.2, 0) is 23.1 Å². The van der Waals surface area contributed by atoms with Gasteiger partial charge in [-0.3, -0.25) is 9.36 Å². The van der Waals surface area contributed by atoms with Crippen molar-refractivity contribution >= 4 is 13.8 Å². The molecule has 0 saturated heterocycles. The van der Waals surface area contributed by atoms with Crippen LogP contribution < -0.4 is 4.89 Å². The maximum atomic E-state index is 11.9. The van der Waals surface area contributed by atoms with Crippen LogP contribution in [0.5, 0.6) is 0 Å². The molecule has 0 aliphatic carbocycles. The highest BCUT2D eigenvalue weighted by molar-refractivity contribution is 7.45. The molecule has 0 amide bonds. The molecule has 8 nitrogen and oxygen atoms in total. The van der Waals surface area contributed by atoms with Crippen LogP contribution >= 0.6 is 7.82 Å². The highest BCUT2D eigenvalue weighted by Crippen LogP contribution is 2.38. The number of esters is 1. The summed E-state index contributed by atoms with van der Waals surface area (Å²) >= 11 is 0. The Kier molecular flexibility index (Phi) is 27.7. The van der Waals surface area contributed by atoms with E-state index in [1.165, 1.54) is 122 Å². The first kappa shape index (κ1) is 41.5. The number of phosphoric ester groups is 1. The number of nitrogens with zero attached hydrogens (tertiary/aromatic N) is 1. The topological polar surface area (TPSA) is 105 Å². The van der Waals surface area contributed by atoms with Gasteiger partial charge in [-0.25, -0.2) is 0 Å². The molecule has 0 aliphatic heterocycles. The zero-order valence-electron chi connectivity index (χ0n) is 28.0. The number of carbonyl (C=O) groups is 1. The van der Waals surface area contributed by atoms with Gasteiger partial charge in [0.15, 0.2) is 0 Å². The first-order valence-corrected chi connectivity index (χ1v) is 18.8. The number of aliphatic hydroxyl groups is 1. The third-order valence-electron chi connectivity index (χ3n) is 7.61. The van der Waals surface area contributed by atoms with E-state index >= 15 is 0 Å². The van der Waals surface area contributed by atoms with Gasteiger partial charge in [-0.2, -0.15) is 0 Å². The number of unbranched alkanes of at least 4 members (excludes halogenated alkanes) is 21. The number of likely N-dealkylation sites (N-methyl/N-ethyl adjacent to an activating group) is 1. The first-order valence-electron chi connectivity index (χ1n) is 17.3. The largest absolute Gasteiger partial charge is 0.756 e. The van der Waals surface area contributed by atoms with Gasteiger partial charge in [0.05, 0.1) is 27.7 Å². The van der Waals surface area contributed by atoms with Crippen molar-refractivity contribution in [3.63, 3.8) is 0 Å². The van der Waals surface area contributed by atoms with Crippen molar-refractivity contribution in [2.45, 2.75) is 161 Å². The number of aliphatic hydroxyl groups excluding tert-OH is 1. The van der Waals surface area contributed by atoms with E-state index in [0.717, 1.165) is 19.3 Å². The van der Waals surface area contributed by atoms with Crippen molar-refractivity contribution in [3.05, 3.63) is 0 Å². The maximum Gasteiger partial charge on any atom is 0.305 e. The van der Waals surface area contributed by atoms with E-state index in [9.17, 15) is 19.4 Å². The fourth-order valence-electron chi connectivity index (χ4n) is 4.83. The highest BCUT2D eigenvalue weighted by Gasteiger charge is 2.16. The fourth-order valence-corrected chi connectivity index (χ4v) is 5.56. The van der Waals surface area contributed by atoms with E-state index in [1.54, 1.807) is 0 Å². The molecule has 42 heavy (non-hydrogen) atoms. The lowest BCUT2D eigenvalue weighted by Gasteiger charge is -2.27. The monoisotopic (exact) mass is 621 g/mol. The summed E-state index contributed by atoms with van der Waals surface area (Å²) in [6.45, 7) is 1.97. The highest BCUT2D eigenvalue weighted by atomic mass is 31.2. The molecule has 0 aromatic rings. The van der Waals surface area contributed by atoms with Crippen molar-refractivity contribution in [2.75, 3.05) is 47.5 Å². The van der Waals surface area contributed by atoms with Gasteiger partial charge in [-0.15, -0.1) is 0 Å². The number of ether oxygens (including phenoxy) is 1. The van der Waals surface area contributed by atoms with Crippen molar-refractivity contribution in [1.29, 1.82) is 0 Å². The van der Waals surface area contributed by atoms with Crippen LogP contribution in [0.4, 0.5) is 0 Å². The van der Waals surface area contributed by atoms with Gasteiger partial charge in [-0.1, -0.05) is 142 Å². The molecule has 9 heteroatoms. The minimum absolute atomic E-state index is 0.00506. The lowest BCUT2D eigenvalue weighted by Crippen LogP contribution is -2.37. The zero-order chi connectivity index (χ0) is 31.4. The lowest BCUT2D eigenvalue weighted by atomic mass is 10.0. The number of quaternary nitrogens is 1. The van der Waals surface area contributed by atoms with Crippen molar-refractivity contribution < 1.29 is 37.6 Å². The number of hydrogen-bond acceptors (Lipinski definition) is 7. The lowest BCUT2D eigenvalue weighted by molar-refractivity contribution is -0.870. The van der Waals surface area contributed by atoms with Crippen molar-refractivity contribution in [1.82, 2.24) is 0 Å². The molecule has 0 bridgehead atoms. The number of hydrogen-bond donors (Lipinski definition) is 1. The standard InChI is InChI=1S/C33H68NO7P/c1-5-6-7-8-9-10-11-12-13-14-15-16-17-18-19-20-21-22-23-24-25-26-27-33(36)39-30-32(35)31-41-42(37,38)40-29-28-34(2,3)4/h32,35H,5-31H2,1-4H3. The molecule has 0 spiro atoms. The van der Waals surface area contributed by atoms with Gasteiger partial charge in [0, 0.05) is 6.42 Å². The van der Waals surface area contributed by atoms with Crippen LogP contribution in [0.1, 0.15) is 155 Å². The van der Waals surface area contributed by atoms with Crippen LogP contribution in [0, 0.1) is 0 Å². The molecule has 0 fully saturated rings. The molecule has 2 atom stereocenters. The third kappa shape index (κ3) is 32.4. The second kappa shape index (κ2) is 28.0. The fraction of sp³-hybridized carbons (Fsp3) is 0.970. The molecule has 0 rings (SSSR count). The van der Waals surface area contributed by atoms with Gasteiger partial charge >= 0.3 is 5.97 Å². The molecule has 1 N–H and O–H groups in total. The first-order chi connectivity index (χ1) is 20.1. The second-order valence-electron chi connectivity index (χ2n) is 13.1. The van der Waals surface area contributed by atoms with E-state index in [4.69, 9.17) is 9.26 Å². The Hall–Kier alpha value is -0.500. The molecule has 0 saturated carbocycles. The summed E-state index contributed by atoms with van der Waals surface area (Å²) in [6, 6.07) is 0. The van der Waals surface area contributed by atoms with Gasteiger partial charge in [-0.05, 0) is 6.42 Å². The normalized spacial score (nSPS) is 14.1. The SMILES string of the molecule is CCCCCCCCCCCCCCCCCCCCCCCCC(=O)OCC(O)COP(=O)([O-])OCC[N+](C)(C)C. The van der Waals surface area contributed by atoms with Gasteiger partial charge < -0.3 is 28.3 Å². The number of carbonyl (C=O) groups excluding carboxylic acids is 1. The minimum Gasteiger partial charge on any atom is -0.756 e. The summed E-state index contributed by atoms with van der Waals surface area (Å²) in [7, 11) is 1.26. The van der Waals surface area contributed by atoms with Crippen molar-refractivity contribution in [2.24, 2.45) is 0 Å². The minimum atomic E-state index is -4.49. The van der Waals surface area contributed by atoms with E-state index in [-0.39, 0.29) is 19.2 Å². The quantitative estimate of drug-likeness (QED) is 0.0350. The number of rotatable bonds is 32. The Labute approximate surface area is 259 Å². The van der Waals surface area contributed by atoms with Crippen LogP contribution in [-0.4, -0.2) is 69.2 Å². The van der Waals surface area contributed by atoms with Crippen LogP contribution in [0.25, 0.3) is 0 Å². The van der Waals surface area contributed by atoms with E-state index < -0.39 is 20.5 Å². The van der Waals surface area contributed by atoms with Crippen LogP contribution in [0.15, 0.2) is 0 Å². The van der Waals surface area contributed by atoms with Gasteiger partial charge in [0.25, 0.3) is 7.82 Å². The molecular formula is C33H68NO7P. The third-order valence-corrected chi connectivity index (χ3v) is 8.57. The van der Waals surface area contributed by atoms with E-state index in [2.05, 4.69) is 11.4 Å². The Bertz CT molecular complexity index is 657. The predicted molar refractivity (Wildman–Crippen MR) is 171 cm³/mol. The Morgan fingerprint density at radius 3 is 1.43 bits per heavy atom. The number of phosphoric acid groups is 1. The summed E-state index contributed by atoms with van der Waals surface area (Å²) in [5.74, 6) is -0.383. The summed E-state index contributed by atoms with van der Waals surface area (Å²) in [6.07, 6.45) is 28.2. The van der Waals surface area contributed by atoms with Gasteiger partial charge in [0.1, 0.15) is 25.9 Å². The van der Waals surface area contributed by atoms with Gasteiger partial charge in [0.2, 0.25) is 0 Å². The summed E-state index contributed by atoms with van der Waals surface area (Å²) in [4.78, 5) is 23.6. The summed E-state index contributed by atoms with van der Waals surface area (Å²) < 4.78 is 26.8. The Morgan fingerprint density at radius 1 is 0.667 bits per heavy atom. The summed E-state index contributed by atoms with van der Waals surface area (Å²) in [5.41, 5.74) is 0. The summed E-state index contributed by atoms with van der Waals surface area (Å²) in [5, 5.41) is 9.85. The molecule has 2 unspecified atom stereocenters. The second-order valence-corrected chi connectivity index (χ2v) is 14.5. The average molecular weight is 622 g/mol. The molecule has 252 valence electrons. The average Bonchev–Trinajstić information content (AvgIpc) is 2.92. The molecule has 0 radical (unpaired) electrons. The smallest absolute Gasteiger partial charge is 0.305 e. The maximum absolute atomic E-state index is 11.9. The van der Waals surface area contributed by atoms with E-state index in [1.807, 2.05) is 21.1 Å². The zero-order valence-corrected chi connectivity index (χ0v) is 28.9. The molecule has 0 aromatic heterocycles. The van der Waals surface area contributed by atoms with E-state index in [0.29, 0.717) is 17.4 Å². The Balaban J connectivity index is 3.40. The molecule has 0 heterocycles. The van der Waals surface area contributed by atoms with Crippen LogP contribution in [0.3, 0.4) is 0 Å². The van der Waals surface area contributed by atoms with Crippen molar-refractivity contribution in [3.8, 4) is 0 Å². The molecule has 0 aliphatic rings. The Morgan fingerprint density at radius 2 is 1.05 bits per heavy atom.